The molecule has 1 atom stereocenters. The van der Waals surface area contributed by atoms with Crippen LogP contribution in [-0.4, -0.2) is 24.3 Å². The van der Waals surface area contributed by atoms with E-state index in [9.17, 15) is 4.79 Å². The van der Waals surface area contributed by atoms with Gasteiger partial charge >= 0.3 is 6.09 Å². The Morgan fingerprint density at radius 1 is 1.64 bits per heavy atom. The third kappa shape index (κ3) is 0.790. The molecule has 1 amide bonds. The van der Waals surface area contributed by atoms with Crippen molar-refractivity contribution in [1.29, 1.82) is 0 Å². The standard InChI is InChI=1S/C7H7NO3/c1-8-5-3-2-4-10-6(5)11-7(8)9/h2-4,6H,1H3. The highest BCUT2D eigenvalue weighted by Crippen LogP contribution is 2.24. The fourth-order valence-corrected chi connectivity index (χ4v) is 1.04. The Morgan fingerprint density at radius 3 is 3.18 bits per heavy atom. The normalized spacial score (nSPS) is 27.4. The summed E-state index contributed by atoms with van der Waals surface area (Å²) in [4.78, 5) is 12.3. The number of allylic oxidation sites excluding steroid dienone is 2. The highest BCUT2D eigenvalue weighted by Gasteiger charge is 2.35. The Bertz CT molecular complexity index is 256. The fraction of sp³-hybridized carbons (Fsp3) is 0.286. The second-order valence-corrected chi connectivity index (χ2v) is 2.33. The number of carbonyl (C=O) groups is 1. The number of amides is 1. The zero-order valence-corrected chi connectivity index (χ0v) is 5.98. The van der Waals surface area contributed by atoms with Crippen LogP contribution in [0.1, 0.15) is 0 Å². The van der Waals surface area contributed by atoms with E-state index in [0.29, 0.717) is 0 Å². The van der Waals surface area contributed by atoms with Gasteiger partial charge in [0.1, 0.15) is 5.70 Å². The van der Waals surface area contributed by atoms with Gasteiger partial charge in [0.15, 0.2) is 0 Å². The quantitative estimate of drug-likeness (QED) is 0.517. The third-order valence-electron chi connectivity index (χ3n) is 1.66. The van der Waals surface area contributed by atoms with Crippen molar-refractivity contribution in [2.75, 3.05) is 7.05 Å². The Kier molecular flexibility index (Phi) is 1.15. The number of rotatable bonds is 0. The van der Waals surface area contributed by atoms with E-state index in [-0.39, 0.29) is 6.09 Å². The summed E-state index contributed by atoms with van der Waals surface area (Å²) in [5.74, 6) is 0. The molecule has 1 fully saturated rings. The topological polar surface area (TPSA) is 38.8 Å². The van der Waals surface area contributed by atoms with Crippen LogP contribution in [0.25, 0.3) is 0 Å². The Balaban J connectivity index is 2.32. The van der Waals surface area contributed by atoms with Gasteiger partial charge in [-0.1, -0.05) is 0 Å². The lowest BCUT2D eigenvalue weighted by Gasteiger charge is -2.13. The molecule has 2 rings (SSSR count). The number of hydrogen-bond donors (Lipinski definition) is 0. The molecule has 2 heterocycles. The highest BCUT2D eigenvalue weighted by molar-refractivity contribution is 5.73. The lowest BCUT2D eigenvalue weighted by atomic mass is 10.3. The maximum atomic E-state index is 10.9. The van der Waals surface area contributed by atoms with Gasteiger partial charge < -0.3 is 9.47 Å². The zero-order valence-electron chi connectivity index (χ0n) is 5.98. The summed E-state index contributed by atoms with van der Waals surface area (Å²) >= 11 is 0. The van der Waals surface area contributed by atoms with Crippen molar-refractivity contribution in [2.24, 2.45) is 0 Å². The SMILES string of the molecule is CN1C(=O)OC2OC=CC=C21. The molecule has 0 radical (unpaired) electrons. The molecule has 0 saturated carbocycles. The summed E-state index contributed by atoms with van der Waals surface area (Å²) in [5.41, 5.74) is 0.748. The molecular formula is C7H7NO3. The van der Waals surface area contributed by atoms with E-state index in [1.807, 2.05) is 0 Å². The molecule has 0 aliphatic carbocycles. The van der Waals surface area contributed by atoms with Gasteiger partial charge in [0.25, 0.3) is 6.29 Å². The number of fused-ring (bicyclic) bond motifs is 1. The average molecular weight is 153 g/mol. The van der Waals surface area contributed by atoms with Crippen molar-refractivity contribution in [3.05, 3.63) is 24.1 Å². The number of nitrogens with zero attached hydrogens (tertiary/aromatic N) is 1. The van der Waals surface area contributed by atoms with Crippen LogP contribution in [0.3, 0.4) is 0 Å². The van der Waals surface area contributed by atoms with Crippen molar-refractivity contribution >= 4 is 6.09 Å². The van der Waals surface area contributed by atoms with Crippen LogP contribution in [0.5, 0.6) is 0 Å². The number of carbonyl (C=O) groups excluding carboxylic acids is 1. The lowest BCUT2D eigenvalue weighted by molar-refractivity contribution is -0.0140. The maximum Gasteiger partial charge on any atom is 0.417 e. The zero-order chi connectivity index (χ0) is 7.84. The van der Waals surface area contributed by atoms with Gasteiger partial charge in [-0.25, -0.2) is 4.79 Å². The number of ether oxygens (including phenoxy) is 2. The molecule has 4 heteroatoms. The highest BCUT2D eigenvalue weighted by atomic mass is 16.7. The minimum absolute atomic E-state index is 0.370. The molecule has 0 aromatic heterocycles. The van der Waals surface area contributed by atoms with E-state index < -0.39 is 6.29 Å². The van der Waals surface area contributed by atoms with E-state index in [2.05, 4.69) is 0 Å². The van der Waals surface area contributed by atoms with Crippen LogP contribution in [-0.2, 0) is 9.47 Å². The largest absolute Gasteiger partial charge is 0.457 e. The van der Waals surface area contributed by atoms with Gasteiger partial charge in [0.05, 0.1) is 6.26 Å². The number of likely N-dealkylation sites (N-methyl/N-ethyl adjacent to an activating group) is 1. The van der Waals surface area contributed by atoms with Crippen molar-refractivity contribution in [3.63, 3.8) is 0 Å². The average Bonchev–Trinajstić information content (AvgIpc) is 2.30. The molecule has 1 saturated heterocycles. The minimum Gasteiger partial charge on any atom is -0.457 e. The first-order chi connectivity index (χ1) is 5.29. The van der Waals surface area contributed by atoms with E-state index in [0.717, 1.165) is 5.70 Å². The fourth-order valence-electron chi connectivity index (χ4n) is 1.04. The van der Waals surface area contributed by atoms with Crippen molar-refractivity contribution in [3.8, 4) is 0 Å². The Labute approximate surface area is 63.7 Å². The van der Waals surface area contributed by atoms with Crippen molar-refractivity contribution < 1.29 is 14.3 Å². The molecule has 0 spiro atoms. The molecule has 2 aliphatic heterocycles. The molecule has 58 valence electrons. The van der Waals surface area contributed by atoms with Crippen LogP contribution in [0.15, 0.2) is 24.1 Å². The smallest absolute Gasteiger partial charge is 0.417 e. The molecular weight excluding hydrogens is 146 g/mol. The van der Waals surface area contributed by atoms with Crippen LogP contribution in [0.2, 0.25) is 0 Å². The van der Waals surface area contributed by atoms with Gasteiger partial charge in [-0.3, -0.25) is 4.90 Å². The second kappa shape index (κ2) is 2.02. The van der Waals surface area contributed by atoms with Gasteiger partial charge in [-0.15, -0.1) is 0 Å². The summed E-state index contributed by atoms with van der Waals surface area (Å²) in [6, 6.07) is 0. The van der Waals surface area contributed by atoms with Crippen molar-refractivity contribution in [1.82, 2.24) is 4.90 Å². The number of hydrogen-bond acceptors (Lipinski definition) is 3. The van der Waals surface area contributed by atoms with Gasteiger partial charge in [-0.2, -0.15) is 0 Å². The van der Waals surface area contributed by atoms with E-state index in [1.165, 1.54) is 11.2 Å². The molecule has 0 N–H and O–H groups in total. The van der Waals surface area contributed by atoms with E-state index in [1.54, 1.807) is 19.2 Å². The van der Waals surface area contributed by atoms with Crippen LogP contribution in [0.4, 0.5) is 4.79 Å². The van der Waals surface area contributed by atoms with Crippen LogP contribution >= 0.6 is 0 Å². The first kappa shape index (κ1) is 6.27. The van der Waals surface area contributed by atoms with E-state index >= 15 is 0 Å². The summed E-state index contributed by atoms with van der Waals surface area (Å²) < 4.78 is 9.83. The van der Waals surface area contributed by atoms with E-state index in [4.69, 9.17) is 9.47 Å². The summed E-state index contributed by atoms with van der Waals surface area (Å²) in [6.07, 6.45) is 4.12. The first-order valence-corrected chi connectivity index (χ1v) is 3.25. The predicted molar refractivity (Wildman–Crippen MR) is 36.3 cm³/mol. The Morgan fingerprint density at radius 2 is 2.45 bits per heavy atom. The molecule has 0 aromatic rings. The minimum atomic E-state index is -0.530. The Hall–Kier alpha value is -1.45. The molecule has 4 nitrogen and oxygen atoms in total. The molecule has 1 unspecified atom stereocenters. The summed E-state index contributed by atoms with van der Waals surface area (Å²) in [6.45, 7) is 0. The van der Waals surface area contributed by atoms with Crippen LogP contribution < -0.4 is 0 Å². The lowest BCUT2D eigenvalue weighted by Crippen LogP contribution is -2.18. The molecule has 2 aliphatic rings. The summed E-state index contributed by atoms with van der Waals surface area (Å²) in [5, 5.41) is 0. The predicted octanol–water partition coefficient (Wildman–Crippen LogP) is 0.822. The van der Waals surface area contributed by atoms with Gasteiger partial charge in [0, 0.05) is 7.05 Å². The third-order valence-corrected chi connectivity index (χ3v) is 1.66. The molecule has 0 aromatic carbocycles. The molecule has 0 bridgehead atoms. The van der Waals surface area contributed by atoms with Gasteiger partial charge in [-0.05, 0) is 12.2 Å². The summed E-state index contributed by atoms with van der Waals surface area (Å²) in [7, 11) is 1.65. The monoisotopic (exact) mass is 153 g/mol. The first-order valence-electron chi connectivity index (χ1n) is 3.25. The molecule has 11 heavy (non-hydrogen) atoms. The van der Waals surface area contributed by atoms with Crippen LogP contribution in [0, 0.1) is 0 Å². The van der Waals surface area contributed by atoms with Crippen molar-refractivity contribution in [2.45, 2.75) is 6.29 Å². The van der Waals surface area contributed by atoms with Gasteiger partial charge in [0.2, 0.25) is 0 Å². The maximum absolute atomic E-state index is 10.9. The second-order valence-electron chi connectivity index (χ2n) is 2.33.